The average Bonchev–Trinajstić information content (AvgIpc) is 2.98. The van der Waals surface area contributed by atoms with Crippen molar-refractivity contribution in [3.05, 3.63) is 53.4 Å². The van der Waals surface area contributed by atoms with Gasteiger partial charge in [-0.05, 0) is 18.2 Å². The lowest BCUT2D eigenvalue weighted by molar-refractivity contribution is 0.0954. The minimum atomic E-state index is -0.440. The van der Waals surface area contributed by atoms with E-state index in [4.69, 9.17) is 5.73 Å². The fourth-order valence-electron chi connectivity index (χ4n) is 1.79. The van der Waals surface area contributed by atoms with Crippen LogP contribution >= 0.6 is 0 Å². The van der Waals surface area contributed by atoms with E-state index in [1.54, 1.807) is 12.5 Å². The van der Waals surface area contributed by atoms with Crippen LogP contribution in [0.25, 0.3) is 0 Å². The molecule has 0 saturated carbocycles. The van der Waals surface area contributed by atoms with Crippen molar-refractivity contribution in [2.24, 2.45) is 5.73 Å². The Hall–Kier alpha value is -2.65. The first-order valence-electron chi connectivity index (χ1n) is 6.44. The number of nitrogens with one attached hydrogen (secondary N) is 2. The van der Waals surface area contributed by atoms with Crippen LogP contribution in [0.4, 0.5) is 4.39 Å². The third kappa shape index (κ3) is 4.16. The molecular formula is C15H15FN4O. The van der Waals surface area contributed by atoms with Crippen molar-refractivity contribution >= 4 is 5.91 Å². The second-order valence-electron chi connectivity index (χ2n) is 4.28. The summed E-state index contributed by atoms with van der Waals surface area (Å²) in [6.07, 6.45) is 3.91. The number of imidazole rings is 1. The molecule has 0 unspecified atom stereocenters. The highest BCUT2D eigenvalue weighted by Crippen LogP contribution is 2.10. The minimum Gasteiger partial charge on any atom is -0.352 e. The molecule has 0 bridgehead atoms. The SMILES string of the molecule is NCC#Cc1cc(F)ccc1C(=O)NCCc1cnc[nH]1. The molecule has 0 aliphatic heterocycles. The molecular weight excluding hydrogens is 271 g/mol. The van der Waals surface area contributed by atoms with Gasteiger partial charge in [0.1, 0.15) is 5.82 Å². The fourth-order valence-corrected chi connectivity index (χ4v) is 1.79. The Morgan fingerprint density at radius 3 is 3.05 bits per heavy atom. The molecule has 2 aromatic rings. The zero-order chi connectivity index (χ0) is 15.1. The second-order valence-corrected chi connectivity index (χ2v) is 4.28. The maximum atomic E-state index is 13.2. The summed E-state index contributed by atoms with van der Waals surface area (Å²) < 4.78 is 13.2. The molecule has 1 aromatic heterocycles. The van der Waals surface area contributed by atoms with E-state index in [0.29, 0.717) is 24.1 Å². The molecule has 0 aliphatic carbocycles. The summed E-state index contributed by atoms with van der Waals surface area (Å²) in [5, 5.41) is 2.77. The molecule has 2 rings (SSSR count). The van der Waals surface area contributed by atoms with Gasteiger partial charge in [0.25, 0.3) is 5.91 Å². The highest BCUT2D eigenvalue weighted by molar-refractivity contribution is 5.96. The van der Waals surface area contributed by atoms with Crippen LogP contribution in [0.15, 0.2) is 30.7 Å². The quantitative estimate of drug-likeness (QED) is 0.728. The molecule has 1 amide bonds. The number of aromatic amines is 1. The Kier molecular flexibility index (Phi) is 5.07. The molecule has 0 spiro atoms. The van der Waals surface area contributed by atoms with Crippen LogP contribution in [0.1, 0.15) is 21.6 Å². The lowest BCUT2D eigenvalue weighted by atomic mass is 10.1. The Morgan fingerprint density at radius 1 is 1.48 bits per heavy atom. The maximum Gasteiger partial charge on any atom is 0.252 e. The summed E-state index contributed by atoms with van der Waals surface area (Å²) in [5.41, 5.74) is 6.89. The first-order chi connectivity index (χ1) is 10.2. The Labute approximate surface area is 121 Å². The largest absolute Gasteiger partial charge is 0.352 e. The van der Waals surface area contributed by atoms with Gasteiger partial charge in [-0.1, -0.05) is 11.8 Å². The summed E-state index contributed by atoms with van der Waals surface area (Å²) in [4.78, 5) is 19.0. The molecule has 6 heteroatoms. The summed E-state index contributed by atoms with van der Waals surface area (Å²) in [5.74, 6) is 4.59. The minimum absolute atomic E-state index is 0.150. The van der Waals surface area contributed by atoms with Gasteiger partial charge in [-0.15, -0.1) is 0 Å². The zero-order valence-electron chi connectivity index (χ0n) is 11.3. The number of aromatic nitrogens is 2. The number of rotatable bonds is 4. The first-order valence-corrected chi connectivity index (χ1v) is 6.44. The average molecular weight is 286 g/mol. The number of amides is 1. The third-order valence-corrected chi connectivity index (χ3v) is 2.79. The lowest BCUT2D eigenvalue weighted by Crippen LogP contribution is -2.26. The van der Waals surface area contributed by atoms with Crippen molar-refractivity contribution in [3.63, 3.8) is 0 Å². The van der Waals surface area contributed by atoms with Crippen LogP contribution in [-0.2, 0) is 6.42 Å². The number of hydrogen-bond acceptors (Lipinski definition) is 3. The van der Waals surface area contributed by atoms with Crippen molar-refractivity contribution in [2.45, 2.75) is 6.42 Å². The van der Waals surface area contributed by atoms with E-state index in [9.17, 15) is 9.18 Å². The van der Waals surface area contributed by atoms with E-state index in [-0.39, 0.29) is 12.5 Å². The Morgan fingerprint density at radius 2 is 2.33 bits per heavy atom. The standard InChI is InChI=1S/C15H15FN4O/c16-12-3-4-14(11(8-12)2-1-6-17)15(21)19-7-5-13-9-18-10-20-13/h3-4,8-10H,5-7,17H2,(H,18,20)(H,19,21). The summed E-state index contributed by atoms with van der Waals surface area (Å²) in [6.45, 7) is 0.597. The number of carbonyl (C=O) groups is 1. The fraction of sp³-hybridized carbons (Fsp3) is 0.200. The van der Waals surface area contributed by atoms with Crippen molar-refractivity contribution in [2.75, 3.05) is 13.1 Å². The summed E-state index contributed by atoms with van der Waals surface area (Å²) in [6, 6.07) is 3.88. The number of benzene rings is 1. The highest BCUT2D eigenvalue weighted by atomic mass is 19.1. The predicted molar refractivity (Wildman–Crippen MR) is 77.0 cm³/mol. The van der Waals surface area contributed by atoms with Gasteiger partial charge in [0.15, 0.2) is 0 Å². The molecule has 0 aliphatic rings. The summed E-state index contributed by atoms with van der Waals surface area (Å²) >= 11 is 0. The van der Waals surface area contributed by atoms with Gasteiger partial charge < -0.3 is 16.0 Å². The summed E-state index contributed by atoms with van der Waals surface area (Å²) in [7, 11) is 0. The molecule has 0 fully saturated rings. The van der Waals surface area contributed by atoms with Crippen LogP contribution in [0.5, 0.6) is 0 Å². The lowest BCUT2D eigenvalue weighted by Gasteiger charge is -2.06. The van der Waals surface area contributed by atoms with Crippen LogP contribution in [0.3, 0.4) is 0 Å². The van der Waals surface area contributed by atoms with E-state index < -0.39 is 5.82 Å². The van der Waals surface area contributed by atoms with Gasteiger partial charge in [0.05, 0.1) is 18.4 Å². The first kappa shape index (κ1) is 14.8. The van der Waals surface area contributed by atoms with Gasteiger partial charge in [0, 0.05) is 30.4 Å². The highest BCUT2D eigenvalue weighted by Gasteiger charge is 2.10. The topological polar surface area (TPSA) is 83.8 Å². The van der Waals surface area contributed by atoms with Crippen molar-refractivity contribution in [1.82, 2.24) is 15.3 Å². The van der Waals surface area contributed by atoms with Crippen LogP contribution in [0, 0.1) is 17.7 Å². The third-order valence-electron chi connectivity index (χ3n) is 2.79. The van der Waals surface area contributed by atoms with Crippen molar-refractivity contribution < 1.29 is 9.18 Å². The molecule has 4 N–H and O–H groups in total. The molecule has 5 nitrogen and oxygen atoms in total. The van der Waals surface area contributed by atoms with Gasteiger partial charge in [-0.25, -0.2) is 9.37 Å². The number of carbonyl (C=O) groups excluding carboxylic acids is 1. The van der Waals surface area contributed by atoms with Crippen molar-refractivity contribution in [1.29, 1.82) is 0 Å². The van der Waals surface area contributed by atoms with E-state index >= 15 is 0 Å². The number of halogens is 1. The van der Waals surface area contributed by atoms with E-state index in [1.165, 1.54) is 18.2 Å². The number of hydrogen-bond donors (Lipinski definition) is 3. The van der Waals surface area contributed by atoms with Gasteiger partial charge >= 0.3 is 0 Å². The maximum absolute atomic E-state index is 13.2. The monoisotopic (exact) mass is 286 g/mol. The van der Waals surface area contributed by atoms with Gasteiger partial charge in [-0.2, -0.15) is 0 Å². The molecule has 1 aromatic carbocycles. The van der Waals surface area contributed by atoms with Gasteiger partial charge in [0.2, 0.25) is 0 Å². The number of H-pyrrole nitrogens is 1. The van der Waals surface area contributed by atoms with Crippen LogP contribution in [0.2, 0.25) is 0 Å². The van der Waals surface area contributed by atoms with Gasteiger partial charge in [-0.3, -0.25) is 4.79 Å². The normalized spacial score (nSPS) is 9.81. The molecule has 0 atom stereocenters. The van der Waals surface area contributed by atoms with E-state index in [2.05, 4.69) is 27.1 Å². The second kappa shape index (κ2) is 7.22. The molecule has 21 heavy (non-hydrogen) atoms. The van der Waals surface area contributed by atoms with E-state index in [0.717, 1.165) is 5.69 Å². The van der Waals surface area contributed by atoms with Crippen LogP contribution in [-0.4, -0.2) is 29.0 Å². The number of nitrogens with two attached hydrogens (primary N) is 1. The zero-order valence-corrected chi connectivity index (χ0v) is 11.3. The van der Waals surface area contributed by atoms with Crippen molar-refractivity contribution in [3.8, 4) is 11.8 Å². The predicted octanol–water partition coefficient (Wildman–Crippen LogP) is 0.831. The Balaban J connectivity index is 2.04. The molecule has 1 heterocycles. The molecule has 108 valence electrons. The van der Waals surface area contributed by atoms with E-state index in [1.807, 2.05) is 0 Å². The van der Waals surface area contributed by atoms with Crippen LogP contribution < -0.4 is 11.1 Å². The Bertz CT molecular complexity index is 671. The number of nitrogens with zero attached hydrogens (tertiary/aromatic N) is 1. The molecule has 0 radical (unpaired) electrons. The smallest absolute Gasteiger partial charge is 0.252 e. The molecule has 0 saturated heterocycles.